The van der Waals surface area contributed by atoms with Crippen molar-refractivity contribution in [2.24, 2.45) is 0 Å². The Labute approximate surface area is 310 Å². The van der Waals surface area contributed by atoms with Crippen molar-refractivity contribution < 1.29 is 31.1 Å². The highest BCUT2D eigenvalue weighted by molar-refractivity contribution is 7.99. The summed E-state index contributed by atoms with van der Waals surface area (Å²) in [7, 11) is -3.55. The first-order chi connectivity index (χ1) is 24.2. The van der Waals surface area contributed by atoms with E-state index in [1.807, 2.05) is 0 Å². The summed E-state index contributed by atoms with van der Waals surface area (Å²) in [6.07, 6.45) is 0.931. The van der Waals surface area contributed by atoms with Crippen molar-refractivity contribution in [2.75, 3.05) is 57.8 Å². The van der Waals surface area contributed by atoms with Crippen LogP contribution in [0.1, 0.15) is 54.0 Å². The molecule has 0 unspecified atom stereocenters. The van der Waals surface area contributed by atoms with Gasteiger partial charge in [-0.2, -0.15) is 22.6 Å². The summed E-state index contributed by atoms with van der Waals surface area (Å²) < 4.78 is 84.2. The molecule has 3 aliphatic rings. The van der Waals surface area contributed by atoms with Crippen LogP contribution in [0.15, 0.2) is 35.5 Å². The molecule has 0 radical (unpaired) electrons. The highest BCUT2D eigenvalue weighted by Crippen LogP contribution is 2.41. The lowest BCUT2D eigenvalue weighted by atomic mass is 9.90. The van der Waals surface area contributed by atoms with Gasteiger partial charge < -0.3 is 14.9 Å². The number of sulfonamides is 1. The fraction of sp³-hybridized carbons (Fsp3) is 0.588. The molecular weight excluding hydrogens is 751 g/mol. The zero-order valence-corrected chi connectivity index (χ0v) is 31.4. The fourth-order valence-corrected chi connectivity index (χ4v) is 9.91. The highest BCUT2D eigenvalue weighted by atomic mass is 35.5. The SMILES string of the molecule is CS(=O)(=O)N1CCc2c(c(-c3ccc(C(F)(F)F)c(SCCN4CCC(F)CC4)c3)nn2C[C@H](O)CN2CCC(c3c(Cl)cncc3Cl)CC2)C1. The number of β-amino-alcohol motifs (C(OH)–C–C–N with tert-alkyl or cyclic N) is 1. The lowest BCUT2D eigenvalue weighted by Crippen LogP contribution is -2.40. The Morgan fingerprint density at radius 1 is 1.00 bits per heavy atom. The van der Waals surface area contributed by atoms with Gasteiger partial charge in [0.2, 0.25) is 10.0 Å². The van der Waals surface area contributed by atoms with Crippen molar-refractivity contribution in [3.05, 3.63) is 63.0 Å². The van der Waals surface area contributed by atoms with Crippen molar-refractivity contribution in [1.29, 1.82) is 0 Å². The molecule has 3 aliphatic heterocycles. The number of aromatic nitrogens is 3. The van der Waals surface area contributed by atoms with Crippen molar-refractivity contribution in [3.8, 4) is 11.3 Å². The third kappa shape index (κ3) is 9.40. The second kappa shape index (κ2) is 16.2. The Morgan fingerprint density at radius 3 is 2.31 bits per heavy atom. The van der Waals surface area contributed by atoms with Gasteiger partial charge in [0.1, 0.15) is 6.17 Å². The van der Waals surface area contributed by atoms with E-state index in [0.717, 1.165) is 61.3 Å². The molecule has 6 rings (SSSR count). The average molecular weight is 794 g/mol. The van der Waals surface area contributed by atoms with E-state index in [-0.39, 0.29) is 30.4 Å². The van der Waals surface area contributed by atoms with Crippen molar-refractivity contribution in [3.63, 3.8) is 0 Å². The van der Waals surface area contributed by atoms with E-state index in [4.69, 9.17) is 28.3 Å². The molecule has 2 aromatic heterocycles. The largest absolute Gasteiger partial charge is 0.417 e. The first kappa shape index (κ1) is 38.7. The van der Waals surface area contributed by atoms with Crippen LogP contribution in [-0.4, -0.2) is 112 Å². The van der Waals surface area contributed by atoms with Crippen molar-refractivity contribution >= 4 is 45.0 Å². The van der Waals surface area contributed by atoms with Gasteiger partial charge in [-0.15, -0.1) is 11.8 Å². The second-order valence-corrected chi connectivity index (χ2v) is 17.6. The van der Waals surface area contributed by atoms with Crippen LogP contribution in [-0.2, 0) is 35.7 Å². The lowest BCUT2D eigenvalue weighted by molar-refractivity contribution is -0.139. The maximum absolute atomic E-state index is 14.1. The number of benzene rings is 1. The third-order valence-corrected chi connectivity index (χ3v) is 12.9. The molecule has 280 valence electrons. The number of hydrogen-bond donors (Lipinski definition) is 1. The predicted molar refractivity (Wildman–Crippen MR) is 192 cm³/mol. The van der Waals surface area contributed by atoms with Gasteiger partial charge in [-0.25, -0.2) is 12.8 Å². The number of nitrogens with zero attached hydrogens (tertiary/aromatic N) is 6. The summed E-state index contributed by atoms with van der Waals surface area (Å²) >= 11 is 13.9. The van der Waals surface area contributed by atoms with Gasteiger partial charge in [0.15, 0.2) is 0 Å². The van der Waals surface area contributed by atoms with Gasteiger partial charge in [0.25, 0.3) is 0 Å². The summed E-state index contributed by atoms with van der Waals surface area (Å²) in [5.74, 6) is 0.574. The van der Waals surface area contributed by atoms with Gasteiger partial charge in [0, 0.05) is 85.6 Å². The maximum atomic E-state index is 14.1. The summed E-state index contributed by atoms with van der Waals surface area (Å²) in [6, 6.07) is 3.92. The number of pyridine rings is 1. The minimum absolute atomic E-state index is 0.0290. The molecule has 2 saturated heterocycles. The van der Waals surface area contributed by atoms with Crippen LogP contribution in [0.25, 0.3) is 11.3 Å². The number of piperidine rings is 2. The minimum atomic E-state index is -4.57. The minimum Gasteiger partial charge on any atom is -0.390 e. The molecule has 2 fully saturated rings. The molecule has 1 N–H and O–H groups in total. The van der Waals surface area contributed by atoms with Crippen LogP contribution < -0.4 is 0 Å². The summed E-state index contributed by atoms with van der Waals surface area (Å²) in [6.45, 7) is 3.92. The molecule has 9 nitrogen and oxygen atoms in total. The molecular formula is C34H42Cl2F4N6O3S2. The van der Waals surface area contributed by atoms with Gasteiger partial charge in [-0.05, 0) is 62.4 Å². The molecule has 5 heterocycles. The summed E-state index contributed by atoms with van der Waals surface area (Å²) in [4.78, 5) is 8.34. The first-order valence-corrected chi connectivity index (χ1v) is 20.7. The molecule has 51 heavy (non-hydrogen) atoms. The highest BCUT2D eigenvalue weighted by Gasteiger charge is 2.35. The number of fused-ring (bicyclic) bond motifs is 1. The Morgan fingerprint density at radius 2 is 1.67 bits per heavy atom. The molecule has 1 aromatic carbocycles. The smallest absolute Gasteiger partial charge is 0.390 e. The van der Waals surface area contributed by atoms with Crippen molar-refractivity contribution in [1.82, 2.24) is 28.9 Å². The molecule has 0 bridgehead atoms. The van der Waals surface area contributed by atoms with Crippen molar-refractivity contribution in [2.45, 2.75) is 74.5 Å². The standard InChI is InChI=1S/C34H42Cl2F4N6O3S2/c1-51(48,49)45-13-8-30-26(21-45)33(23-2-3-27(34(38,39)40)31(16-23)50-15-14-43-11-6-24(37)7-12-43)42-46(30)20-25(47)19-44-9-4-22(5-10-44)32-28(35)17-41-18-29(32)36/h2-3,16-18,22,24-25,47H,4-15,19-21H2,1H3/t25-/m1/s1. The van der Waals surface area contributed by atoms with E-state index in [1.165, 1.54) is 16.4 Å². The Balaban J connectivity index is 1.20. The predicted octanol–water partition coefficient (Wildman–Crippen LogP) is 6.35. The normalized spacial score (nSPS) is 19.8. The Kier molecular flexibility index (Phi) is 12.3. The maximum Gasteiger partial charge on any atom is 0.417 e. The number of aliphatic hydroxyl groups excluding tert-OH is 1. The monoisotopic (exact) mass is 792 g/mol. The number of halogens is 6. The lowest BCUT2D eigenvalue weighted by Gasteiger charge is -2.34. The first-order valence-electron chi connectivity index (χ1n) is 17.1. The molecule has 0 amide bonds. The topological polar surface area (TPSA) is 94.8 Å². The second-order valence-electron chi connectivity index (χ2n) is 13.6. The number of hydrogen-bond acceptors (Lipinski definition) is 8. The zero-order chi connectivity index (χ0) is 36.5. The van der Waals surface area contributed by atoms with E-state index in [1.54, 1.807) is 17.1 Å². The van der Waals surface area contributed by atoms with Crippen LogP contribution in [0.3, 0.4) is 0 Å². The number of likely N-dealkylation sites (tertiary alicyclic amines) is 2. The van der Waals surface area contributed by atoms with Crippen LogP contribution >= 0.6 is 35.0 Å². The van der Waals surface area contributed by atoms with E-state index in [9.17, 15) is 31.1 Å². The van der Waals surface area contributed by atoms with E-state index in [2.05, 4.69) is 14.8 Å². The van der Waals surface area contributed by atoms with E-state index >= 15 is 0 Å². The van der Waals surface area contributed by atoms with Crippen LogP contribution in [0, 0.1) is 0 Å². The van der Waals surface area contributed by atoms with Gasteiger partial charge >= 0.3 is 6.18 Å². The van der Waals surface area contributed by atoms with Gasteiger partial charge in [-0.1, -0.05) is 29.3 Å². The number of alkyl halides is 4. The molecule has 0 spiro atoms. The summed E-state index contributed by atoms with van der Waals surface area (Å²) in [5.41, 5.74) is 2.37. The Hall–Kier alpha value is -1.98. The fourth-order valence-electron chi connectivity index (χ4n) is 7.34. The average Bonchev–Trinajstić information content (AvgIpc) is 3.42. The Bertz CT molecular complexity index is 1780. The summed E-state index contributed by atoms with van der Waals surface area (Å²) in [5, 5.41) is 17.2. The molecule has 3 aromatic rings. The molecule has 0 saturated carbocycles. The third-order valence-electron chi connectivity index (χ3n) is 10.0. The van der Waals surface area contributed by atoms with Gasteiger partial charge in [-0.3, -0.25) is 9.67 Å². The van der Waals surface area contributed by atoms with E-state index in [0.29, 0.717) is 78.1 Å². The van der Waals surface area contributed by atoms with Gasteiger partial charge in [0.05, 0.1) is 40.2 Å². The number of rotatable bonds is 11. The molecule has 17 heteroatoms. The van der Waals surface area contributed by atoms with Crippen LogP contribution in [0.4, 0.5) is 17.6 Å². The number of aliphatic hydroxyl groups is 1. The molecule has 0 aliphatic carbocycles. The van der Waals surface area contributed by atoms with E-state index < -0.39 is 34.0 Å². The quantitative estimate of drug-likeness (QED) is 0.177. The molecule has 1 atom stereocenters. The van der Waals surface area contributed by atoms with Crippen LogP contribution in [0.2, 0.25) is 10.0 Å². The zero-order valence-electron chi connectivity index (χ0n) is 28.3. The van der Waals surface area contributed by atoms with Crippen LogP contribution in [0.5, 0.6) is 0 Å². The number of thioether (sulfide) groups is 1.